The highest BCUT2D eigenvalue weighted by molar-refractivity contribution is 7.99. The van der Waals surface area contributed by atoms with E-state index in [1.807, 2.05) is 11.4 Å². The van der Waals surface area contributed by atoms with Gasteiger partial charge in [-0.25, -0.2) is 14.6 Å². The molecule has 0 aliphatic heterocycles. The molecule has 4 rings (SSSR count). The quantitative estimate of drug-likeness (QED) is 0.306. The van der Waals surface area contributed by atoms with Gasteiger partial charge < -0.3 is 0 Å². The highest BCUT2D eigenvalue weighted by Gasteiger charge is 2.17. The fourth-order valence-corrected chi connectivity index (χ4v) is 4.13. The predicted molar refractivity (Wildman–Crippen MR) is 92.4 cm³/mol. The van der Waals surface area contributed by atoms with Gasteiger partial charge in [0.15, 0.2) is 0 Å². The first-order chi connectivity index (χ1) is 12.1. The van der Waals surface area contributed by atoms with Crippen molar-refractivity contribution in [3.63, 3.8) is 0 Å². The standard InChI is InChI=1S/C14H9N7O2S2/c1-20-14(17-18-19-20)25-13-11-10(6-24-12(11)15-7-16-13)8-3-2-4-9(5-8)21(22)23/h2-7H,1H3. The maximum absolute atomic E-state index is 11.1. The lowest BCUT2D eigenvalue weighted by atomic mass is 10.1. The van der Waals surface area contributed by atoms with Crippen molar-refractivity contribution in [3.05, 3.63) is 46.1 Å². The molecule has 0 amide bonds. The SMILES string of the molecule is Cn1nnnc1Sc1ncnc2scc(-c3cccc([N+](=O)[O-])c3)c12. The summed E-state index contributed by atoms with van der Waals surface area (Å²) in [6, 6.07) is 6.52. The highest BCUT2D eigenvalue weighted by atomic mass is 32.2. The molecule has 124 valence electrons. The number of hydrogen-bond acceptors (Lipinski definition) is 9. The Hall–Kier alpha value is -2.92. The molecule has 0 unspecified atom stereocenters. The second-order valence-electron chi connectivity index (χ2n) is 5.00. The number of tetrazole rings is 1. The molecule has 9 nitrogen and oxygen atoms in total. The fourth-order valence-electron chi connectivity index (χ4n) is 2.32. The molecule has 0 spiro atoms. The molecule has 4 aromatic rings. The van der Waals surface area contributed by atoms with E-state index in [9.17, 15) is 10.1 Å². The molecular formula is C14H9N7O2S2. The zero-order chi connectivity index (χ0) is 17.4. The third-order valence-corrected chi connectivity index (χ3v) is 5.39. The summed E-state index contributed by atoms with van der Waals surface area (Å²) in [6.45, 7) is 0. The van der Waals surface area contributed by atoms with Gasteiger partial charge in [-0.05, 0) is 27.8 Å². The summed E-state index contributed by atoms with van der Waals surface area (Å²) in [6.07, 6.45) is 1.49. The lowest BCUT2D eigenvalue weighted by molar-refractivity contribution is -0.384. The average molecular weight is 371 g/mol. The van der Waals surface area contributed by atoms with Gasteiger partial charge in [0.2, 0.25) is 5.16 Å². The van der Waals surface area contributed by atoms with Crippen LogP contribution in [0.2, 0.25) is 0 Å². The number of rotatable bonds is 4. The summed E-state index contributed by atoms with van der Waals surface area (Å²) in [5, 5.41) is 26.5. The smallest absolute Gasteiger partial charge is 0.258 e. The van der Waals surface area contributed by atoms with E-state index in [2.05, 4.69) is 25.5 Å². The lowest BCUT2D eigenvalue weighted by Gasteiger charge is -2.04. The van der Waals surface area contributed by atoms with Crippen LogP contribution in [0.15, 0.2) is 46.2 Å². The third kappa shape index (κ3) is 2.83. The molecule has 0 aliphatic carbocycles. The number of aromatic nitrogens is 6. The number of non-ortho nitro benzene ring substituents is 1. The minimum absolute atomic E-state index is 0.0420. The topological polar surface area (TPSA) is 113 Å². The van der Waals surface area contributed by atoms with Crippen LogP contribution in [-0.4, -0.2) is 35.1 Å². The Balaban J connectivity index is 1.87. The highest BCUT2D eigenvalue weighted by Crippen LogP contribution is 2.39. The number of thiophene rings is 1. The second kappa shape index (κ2) is 6.18. The fraction of sp³-hybridized carbons (Fsp3) is 0.0714. The summed E-state index contributed by atoms with van der Waals surface area (Å²) in [7, 11) is 1.75. The summed E-state index contributed by atoms with van der Waals surface area (Å²) in [5.74, 6) is 0. The molecule has 0 saturated carbocycles. The number of aryl methyl sites for hydroxylation is 1. The van der Waals surface area contributed by atoms with Crippen LogP contribution in [0.3, 0.4) is 0 Å². The van der Waals surface area contributed by atoms with Gasteiger partial charge in [0.25, 0.3) is 5.69 Å². The number of nitro groups is 1. The van der Waals surface area contributed by atoms with Crippen LogP contribution in [0.4, 0.5) is 5.69 Å². The molecule has 0 aliphatic rings. The van der Waals surface area contributed by atoms with Crippen LogP contribution >= 0.6 is 23.1 Å². The van der Waals surface area contributed by atoms with E-state index in [4.69, 9.17) is 0 Å². The van der Waals surface area contributed by atoms with E-state index in [1.54, 1.807) is 23.9 Å². The van der Waals surface area contributed by atoms with E-state index < -0.39 is 4.92 Å². The van der Waals surface area contributed by atoms with Gasteiger partial charge in [-0.1, -0.05) is 12.1 Å². The van der Waals surface area contributed by atoms with Crippen molar-refractivity contribution in [1.82, 2.24) is 30.2 Å². The summed E-state index contributed by atoms with van der Waals surface area (Å²) >= 11 is 2.78. The number of hydrogen-bond donors (Lipinski definition) is 0. The molecule has 25 heavy (non-hydrogen) atoms. The Bertz CT molecular complexity index is 1090. The van der Waals surface area contributed by atoms with Gasteiger partial charge in [0.05, 0.1) is 10.3 Å². The summed E-state index contributed by atoms with van der Waals surface area (Å²) in [5.41, 5.74) is 1.63. The van der Waals surface area contributed by atoms with Crippen molar-refractivity contribution < 1.29 is 4.92 Å². The Labute approximate surface area is 148 Å². The number of nitro benzene ring substituents is 1. The molecule has 0 fully saturated rings. The summed E-state index contributed by atoms with van der Waals surface area (Å²) < 4.78 is 1.55. The van der Waals surface area contributed by atoms with Gasteiger partial charge in [0, 0.05) is 30.1 Å². The van der Waals surface area contributed by atoms with Crippen LogP contribution in [0.25, 0.3) is 21.3 Å². The largest absolute Gasteiger partial charge is 0.270 e. The molecule has 0 radical (unpaired) electrons. The first kappa shape index (κ1) is 15.6. The van der Waals surface area contributed by atoms with Crippen molar-refractivity contribution in [2.75, 3.05) is 0 Å². The van der Waals surface area contributed by atoms with E-state index in [1.165, 1.54) is 35.5 Å². The maximum Gasteiger partial charge on any atom is 0.270 e. The first-order valence-corrected chi connectivity index (χ1v) is 8.70. The van der Waals surface area contributed by atoms with Gasteiger partial charge in [-0.3, -0.25) is 10.1 Å². The number of nitrogens with zero attached hydrogens (tertiary/aromatic N) is 7. The van der Waals surface area contributed by atoms with Gasteiger partial charge in [-0.2, -0.15) is 0 Å². The van der Waals surface area contributed by atoms with Crippen molar-refractivity contribution in [1.29, 1.82) is 0 Å². The minimum atomic E-state index is -0.407. The molecular weight excluding hydrogens is 362 g/mol. The Morgan fingerprint density at radius 3 is 2.96 bits per heavy atom. The van der Waals surface area contributed by atoms with Crippen molar-refractivity contribution >= 4 is 39.0 Å². The average Bonchev–Trinajstić information content (AvgIpc) is 3.22. The van der Waals surface area contributed by atoms with Crippen molar-refractivity contribution in [2.45, 2.75) is 10.2 Å². The summed E-state index contributed by atoms with van der Waals surface area (Å²) in [4.78, 5) is 20.1. The van der Waals surface area contributed by atoms with Crippen LogP contribution in [-0.2, 0) is 7.05 Å². The zero-order valence-electron chi connectivity index (χ0n) is 12.7. The van der Waals surface area contributed by atoms with Crippen LogP contribution in [0.1, 0.15) is 0 Å². The molecule has 0 N–H and O–H groups in total. The van der Waals surface area contributed by atoms with E-state index in [-0.39, 0.29) is 5.69 Å². The molecule has 0 bridgehead atoms. The Morgan fingerprint density at radius 1 is 1.32 bits per heavy atom. The van der Waals surface area contributed by atoms with E-state index >= 15 is 0 Å². The van der Waals surface area contributed by atoms with Crippen LogP contribution < -0.4 is 0 Å². The van der Waals surface area contributed by atoms with Gasteiger partial charge >= 0.3 is 0 Å². The number of fused-ring (bicyclic) bond motifs is 1. The predicted octanol–water partition coefficient (Wildman–Crippen LogP) is 2.94. The maximum atomic E-state index is 11.1. The molecule has 0 atom stereocenters. The van der Waals surface area contributed by atoms with E-state index in [0.717, 1.165) is 21.3 Å². The van der Waals surface area contributed by atoms with Crippen molar-refractivity contribution in [3.8, 4) is 11.1 Å². The third-order valence-electron chi connectivity index (χ3n) is 3.47. The Morgan fingerprint density at radius 2 is 2.20 bits per heavy atom. The van der Waals surface area contributed by atoms with Gasteiger partial charge in [0.1, 0.15) is 16.2 Å². The molecule has 0 saturated heterocycles. The normalized spacial score (nSPS) is 11.1. The zero-order valence-corrected chi connectivity index (χ0v) is 14.4. The minimum Gasteiger partial charge on any atom is -0.258 e. The molecule has 3 heterocycles. The van der Waals surface area contributed by atoms with Gasteiger partial charge in [-0.15, -0.1) is 16.4 Å². The van der Waals surface area contributed by atoms with Crippen LogP contribution in [0, 0.1) is 10.1 Å². The second-order valence-corrected chi connectivity index (χ2v) is 6.82. The van der Waals surface area contributed by atoms with Crippen LogP contribution in [0.5, 0.6) is 0 Å². The van der Waals surface area contributed by atoms with E-state index in [0.29, 0.717) is 10.2 Å². The Kier molecular flexibility index (Phi) is 3.86. The molecule has 1 aromatic carbocycles. The number of benzene rings is 1. The first-order valence-electron chi connectivity index (χ1n) is 7.00. The molecule has 11 heteroatoms. The van der Waals surface area contributed by atoms with Crippen molar-refractivity contribution in [2.24, 2.45) is 7.05 Å². The lowest BCUT2D eigenvalue weighted by Crippen LogP contribution is -1.94. The molecule has 3 aromatic heterocycles. The monoisotopic (exact) mass is 371 g/mol.